The number of fused-ring (bicyclic) bond motifs is 1. The molecule has 1 aromatic heterocycles. The van der Waals surface area contributed by atoms with Crippen LogP contribution >= 0.6 is 11.3 Å². The first-order valence-electron chi connectivity index (χ1n) is 6.23. The van der Waals surface area contributed by atoms with Gasteiger partial charge in [-0.15, -0.1) is 11.3 Å². The number of hydrogen-bond acceptors (Lipinski definition) is 3. The van der Waals surface area contributed by atoms with Crippen molar-refractivity contribution in [3.63, 3.8) is 0 Å². The quantitative estimate of drug-likeness (QED) is 0.835. The summed E-state index contributed by atoms with van der Waals surface area (Å²) in [6, 6.07) is 2.04. The van der Waals surface area contributed by atoms with Crippen LogP contribution in [0.5, 0.6) is 0 Å². The molecule has 3 nitrogen and oxygen atoms in total. The zero-order valence-electron chi connectivity index (χ0n) is 11.2. The molecular weight excluding hydrogens is 232 g/mol. The van der Waals surface area contributed by atoms with Crippen molar-refractivity contribution < 1.29 is 4.79 Å². The molecule has 96 valence electrons. The van der Waals surface area contributed by atoms with E-state index < -0.39 is 0 Å². The molecule has 0 radical (unpaired) electrons. The lowest BCUT2D eigenvalue weighted by Gasteiger charge is -2.11. The fourth-order valence-electron chi connectivity index (χ4n) is 1.93. The normalized spacial score (nSPS) is 15.3. The fourth-order valence-corrected chi connectivity index (χ4v) is 3.09. The molecule has 4 heteroatoms. The van der Waals surface area contributed by atoms with Gasteiger partial charge in [-0.05, 0) is 38.1 Å². The topological polar surface area (TPSA) is 32.3 Å². The second kappa shape index (κ2) is 6.77. The molecule has 0 fully saturated rings. The van der Waals surface area contributed by atoms with Gasteiger partial charge in [0, 0.05) is 18.5 Å². The zero-order chi connectivity index (χ0) is 12.8. The Bertz CT molecular complexity index is 373. The summed E-state index contributed by atoms with van der Waals surface area (Å²) in [7, 11) is 3.81. The van der Waals surface area contributed by atoms with E-state index in [0.717, 1.165) is 24.4 Å². The van der Waals surface area contributed by atoms with E-state index >= 15 is 0 Å². The molecule has 0 aromatic carbocycles. The maximum absolute atomic E-state index is 11.5. The Morgan fingerprint density at radius 1 is 1.47 bits per heavy atom. The van der Waals surface area contributed by atoms with Crippen LogP contribution in [0.15, 0.2) is 6.07 Å². The smallest absolute Gasteiger partial charge is 0.261 e. The SMILES string of the molecule is CC.CNC(=O)c1cc2c(s1)CCCN(C)C2. The molecule has 0 bridgehead atoms. The third kappa shape index (κ3) is 3.54. The molecule has 1 aliphatic rings. The van der Waals surface area contributed by atoms with Crippen LogP contribution in [0.2, 0.25) is 0 Å². The number of nitrogens with one attached hydrogen (secondary N) is 1. The van der Waals surface area contributed by atoms with Gasteiger partial charge in [-0.2, -0.15) is 0 Å². The van der Waals surface area contributed by atoms with E-state index in [2.05, 4.69) is 17.3 Å². The molecule has 1 N–H and O–H groups in total. The van der Waals surface area contributed by atoms with Crippen LogP contribution in [0.3, 0.4) is 0 Å². The Morgan fingerprint density at radius 3 is 2.82 bits per heavy atom. The highest BCUT2D eigenvalue weighted by Crippen LogP contribution is 2.27. The van der Waals surface area contributed by atoms with Gasteiger partial charge in [0.2, 0.25) is 0 Å². The highest BCUT2D eigenvalue weighted by molar-refractivity contribution is 7.14. The van der Waals surface area contributed by atoms with Crippen LogP contribution in [-0.2, 0) is 13.0 Å². The molecule has 0 saturated carbocycles. The molecule has 1 amide bonds. The maximum atomic E-state index is 11.5. The first-order chi connectivity index (χ1) is 8.20. The molecule has 1 aliphatic heterocycles. The van der Waals surface area contributed by atoms with Crippen LogP contribution in [0.25, 0.3) is 0 Å². The Hall–Kier alpha value is -0.870. The van der Waals surface area contributed by atoms with Crippen molar-refractivity contribution in [1.82, 2.24) is 10.2 Å². The third-order valence-electron chi connectivity index (χ3n) is 2.73. The number of aryl methyl sites for hydroxylation is 1. The summed E-state index contributed by atoms with van der Waals surface area (Å²) in [4.78, 5) is 16.0. The minimum absolute atomic E-state index is 0.0377. The summed E-state index contributed by atoms with van der Waals surface area (Å²) in [5, 5.41) is 2.68. The monoisotopic (exact) mass is 254 g/mol. The number of carbonyl (C=O) groups is 1. The van der Waals surface area contributed by atoms with Crippen molar-refractivity contribution in [2.75, 3.05) is 20.6 Å². The van der Waals surface area contributed by atoms with Crippen molar-refractivity contribution in [2.24, 2.45) is 0 Å². The van der Waals surface area contributed by atoms with E-state index in [1.165, 1.54) is 16.9 Å². The number of hydrogen-bond donors (Lipinski definition) is 1. The second-order valence-corrected chi connectivity index (χ2v) is 5.12. The van der Waals surface area contributed by atoms with Crippen LogP contribution in [-0.4, -0.2) is 31.4 Å². The van der Waals surface area contributed by atoms with Gasteiger partial charge in [-0.25, -0.2) is 0 Å². The Labute approximate surface area is 108 Å². The molecule has 17 heavy (non-hydrogen) atoms. The molecule has 2 rings (SSSR count). The van der Waals surface area contributed by atoms with Crippen molar-refractivity contribution in [2.45, 2.75) is 33.2 Å². The van der Waals surface area contributed by atoms with Crippen LogP contribution in [0.4, 0.5) is 0 Å². The minimum atomic E-state index is 0.0377. The van der Waals surface area contributed by atoms with Gasteiger partial charge < -0.3 is 10.2 Å². The summed E-state index contributed by atoms with van der Waals surface area (Å²) >= 11 is 1.64. The summed E-state index contributed by atoms with van der Waals surface area (Å²) < 4.78 is 0. The van der Waals surface area contributed by atoms with E-state index in [4.69, 9.17) is 0 Å². The molecule has 0 saturated heterocycles. The Morgan fingerprint density at radius 2 is 2.18 bits per heavy atom. The van der Waals surface area contributed by atoms with E-state index in [9.17, 15) is 4.79 Å². The van der Waals surface area contributed by atoms with Crippen LogP contribution in [0, 0.1) is 0 Å². The second-order valence-electron chi connectivity index (χ2n) is 3.98. The molecule has 2 heterocycles. The van der Waals surface area contributed by atoms with Crippen molar-refractivity contribution in [1.29, 1.82) is 0 Å². The Kier molecular flexibility index (Phi) is 5.65. The number of carbonyl (C=O) groups excluding carboxylic acids is 1. The highest BCUT2D eigenvalue weighted by Gasteiger charge is 2.17. The molecular formula is C13H22N2OS. The van der Waals surface area contributed by atoms with E-state index in [1.54, 1.807) is 18.4 Å². The van der Waals surface area contributed by atoms with Gasteiger partial charge in [0.25, 0.3) is 5.91 Å². The van der Waals surface area contributed by atoms with Gasteiger partial charge in [0.05, 0.1) is 4.88 Å². The largest absolute Gasteiger partial charge is 0.354 e. The van der Waals surface area contributed by atoms with Gasteiger partial charge in [0.1, 0.15) is 0 Å². The summed E-state index contributed by atoms with van der Waals surface area (Å²) in [6.07, 6.45) is 2.30. The standard InChI is InChI=1S/C11H16N2OS.C2H6/c1-12-11(14)10-6-8-7-13(2)5-3-4-9(8)15-10;1-2/h6H,3-5,7H2,1-2H3,(H,12,14);1-2H3. The lowest BCUT2D eigenvalue weighted by Crippen LogP contribution is -2.18. The molecule has 0 unspecified atom stereocenters. The van der Waals surface area contributed by atoms with Gasteiger partial charge in [-0.3, -0.25) is 4.79 Å². The Balaban J connectivity index is 0.000000686. The number of rotatable bonds is 1. The zero-order valence-corrected chi connectivity index (χ0v) is 12.0. The average Bonchev–Trinajstić information content (AvgIpc) is 2.66. The molecule has 0 atom stereocenters. The molecule has 1 aromatic rings. The predicted molar refractivity (Wildman–Crippen MR) is 73.7 cm³/mol. The summed E-state index contributed by atoms with van der Waals surface area (Å²) in [6.45, 7) is 6.12. The van der Waals surface area contributed by atoms with Crippen molar-refractivity contribution in [3.05, 3.63) is 21.4 Å². The third-order valence-corrected chi connectivity index (χ3v) is 3.97. The number of thiophene rings is 1. The van der Waals surface area contributed by atoms with Crippen molar-refractivity contribution >= 4 is 17.2 Å². The fraction of sp³-hybridized carbons (Fsp3) is 0.615. The van der Waals surface area contributed by atoms with Crippen LogP contribution in [0.1, 0.15) is 40.4 Å². The first-order valence-corrected chi connectivity index (χ1v) is 7.04. The molecule has 0 aliphatic carbocycles. The van der Waals surface area contributed by atoms with Gasteiger partial charge in [0.15, 0.2) is 0 Å². The summed E-state index contributed by atoms with van der Waals surface area (Å²) in [5.74, 6) is 0.0377. The summed E-state index contributed by atoms with van der Waals surface area (Å²) in [5.41, 5.74) is 1.33. The van der Waals surface area contributed by atoms with Crippen molar-refractivity contribution in [3.8, 4) is 0 Å². The lowest BCUT2D eigenvalue weighted by molar-refractivity contribution is 0.0967. The lowest BCUT2D eigenvalue weighted by atomic mass is 10.2. The predicted octanol–water partition coefficient (Wildman–Crippen LogP) is 2.51. The minimum Gasteiger partial charge on any atom is -0.354 e. The number of amides is 1. The maximum Gasteiger partial charge on any atom is 0.261 e. The van der Waals surface area contributed by atoms with Crippen LogP contribution < -0.4 is 5.32 Å². The van der Waals surface area contributed by atoms with Gasteiger partial charge >= 0.3 is 0 Å². The van der Waals surface area contributed by atoms with E-state index in [0.29, 0.717) is 0 Å². The number of nitrogens with zero attached hydrogens (tertiary/aromatic N) is 1. The highest BCUT2D eigenvalue weighted by atomic mass is 32.1. The first kappa shape index (κ1) is 14.2. The van der Waals surface area contributed by atoms with E-state index in [1.807, 2.05) is 19.9 Å². The molecule has 0 spiro atoms. The van der Waals surface area contributed by atoms with Gasteiger partial charge in [-0.1, -0.05) is 13.8 Å². The average molecular weight is 254 g/mol. The van der Waals surface area contributed by atoms with E-state index in [-0.39, 0.29) is 5.91 Å².